The van der Waals surface area contributed by atoms with Gasteiger partial charge in [0.15, 0.2) is 0 Å². The molecule has 110 valence electrons. The van der Waals surface area contributed by atoms with Crippen LogP contribution < -0.4 is 5.32 Å². The Balaban J connectivity index is 1.61. The van der Waals surface area contributed by atoms with Gasteiger partial charge in [-0.3, -0.25) is 0 Å². The van der Waals surface area contributed by atoms with Crippen molar-refractivity contribution >= 4 is 0 Å². The number of hydrogen-bond acceptors (Lipinski definition) is 1. The molecule has 0 aliphatic heterocycles. The van der Waals surface area contributed by atoms with Crippen LogP contribution in [-0.4, -0.2) is 7.05 Å². The molecule has 3 rings (SSSR count). The topological polar surface area (TPSA) is 12.0 Å². The molecule has 2 saturated carbocycles. The molecule has 0 amide bonds. The van der Waals surface area contributed by atoms with Crippen LogP contribution in [-0.2, 0) is 0 Å². The lowest BCUT2D eigenvalue weighted by molar-refractivity contribution is 0.415. The molecule has 1 aromatic carbocycles. The van der Waals surface area contributed by atoms with Gasteiger partial charge in [0.25, 0.3) is 0 Å². The SMILES string of the molecule is CNC(CCC1CCCC1)c1cccc(C2CCC2)c1. The molecular weight excluding hydrogens is 242 g/mol. The summed E-state index contributed by atoms with van der Waals surface area (Å²) in [5, 5.41) is 3.54. The van der Waals surface area contributed by atoms with Gasteiger partial charge in [-0.1, -0.05) is 56.4 Å². The van der Waals surface area contributed by atoms with Crippen LogP contribution in [0.2, 0.25) is 0 Å². The smallest absolute Gasteiger partial charge is 0.0317 e. The summed E-state index contributed by atoms with van der Waals surface area (Å²) in [6.07, 6.45) is 12.8. The second kappa shape index (κ2) is 6.76. The molecule has 0 spiro atoms. The molecule has 1 unspecified atom stereocenters. The highest BCUT2D eigenvalue weighted by molar-refractivity contribution is 5.29. The molecule has 1 N–H and O–H groups in total. The third-order valence-electron chi connectivity index (χ3n) is 5.58. The standard InChI is InChI=1S/C19H29N/c1-20-19(13-12-15-6-2-3-7-15)18-11-5-10-17(14-18)16-8-4-9-16/h5,10-11,14-16,19-20H,2-4,6-9,12-13H2,1H3. The van der Waals surface area contributed by atoms with Gasteiger partial charge in [0.2, 0.25) is 0 Å². The zero-order valence-electron chi connectivity index (χ0n) is 12.9. The molecular formula is C19H29N. The fourth-order valence-electron chi connectivity index (χ4n) is 3.95. The van der Waals surface area contributed by atoms with Crippen molar-refractivity contribution < 1.29 is 0 Å². The van der Waals surface area contributed by atoms with E-state index >= 15 is 0 Å². The van der Waals surface area contributed by atoms with Gasteiger partial charge in [0, 0.05) is 6.04 Å². The zero-order chi connectivity index (χ0) is 13.8. The lowest BCUT2D eigenvalue weighted by Gasteiger charge is -2.27. The summed E-state index contributed by atoms with van der Waals surface area (Å²) in [7, 11) is 2.12. The summed E-state index contributed by atoms with van der Waals surface area (Å²) in [5.41, 5.74) is 3.09. The number of hydrogen-bond donors (Lipinski definition) is 1. The minimum absolute atomic E-state index is 0.552. The van der Waals surface area contributed by atoms with E-state index in [1.165, 1.54) is 63.4 Å². The van der Waals surface area contributed by atoms with Gasteiger partial charge in [-0.2, -0.15) is 0 Å². The molecule has 1 aromatic rings. The second-order valence-corrected chi connectivity index (χ2v) is 6.87. The van der Waals surface area contributed by atoms with Gasteiger partial charge < -0.3 is 5.32 Å². The number of benzene rings is 1. The minimum Gasteiger partial charge on any atom is -0.313 e. The minimum atomic E-state index is 0.552. The van der Waals surface area contributed by atoms with Crippen LogP contribution >= 0.6 is 0 Å². The van der Waals surface area contributed by atoms with Gasteiger partial charge in [-0.05, 0) is 55.7 Å². The maximum Gasteiger partial charge on any atom is 0.0317 e. The molecule has 0 saturated heterocycles. The first kappa shape index (κ1) is 14.1. The van der Waals surface area contributed by atoms with Crippen LogP contribution in [0, 0.1) is 5.92 Å². The van der Waals surface area contributed by atoms with Crippen LogP contribution in [0.4, 0.5) is 0 Å². The first-order valence-electron chi connectivity index (χ1n) is 8.64. The van der Waals surface area contributed by atoms with E-state index in [-0.39, 0.29) is 0 Å². The van der Waals surface area contributed by atoms with Gasteiger partial charge in [0.1, 0.15) is 0 Å². The highest BCUT2D eigenvalue weighted by Crippen LogP contribution is 2.37. The molecule has 1 nitrogen and oxygen atoms in total. The van der Waals surface area contributed by atoms with Gasteiger partial charge >= 0.3 is 0 Å². The molecule has 1 atom stereocenters. The summed E-state index contributed by atoms with van der Waals surface area (Å²) >= 11 is 0. The van der Waals surface area contributed by atoms with Crippen LogP contribution in [0.1, 0.15) is 80.9 Å². The van der Waals surface area contributed by atoms with Crippen molar-refractivity contribution in [3.05, 3.63) is 35.4 Å². The molecule has 0 heterocycles. The third kappa shape index (κ3) is 3.25. The normalized spacial score (nSPS) is 21.9. The lowest BCUT2D eigenvalue weighted by Crippen LogP contribution is -2.18. The summed E-state index contributed by atoms with van der Waals surface area (Å²) in [5.74, 6) is 1.85. The lowest BCUT2D eigenvalue weighted by atomic mass is 9.79. The van der Waals surface area contributed by atoms with Crippen molar-refractivity contribution in [2.45, 2.75) is 69.7 Å². The van der Waals surface area contributed by atoms with Gasteiger partial charge in [0.05, 0.1) is 0 Å². The van der Waals surface area contributed by atoms with Crippen LogP contribution in [0.25, 0.3) is 0 Å². The highest BCUT2D eigenvalue weighted by atomic mass is 14.9. The maximum absolute atomic E-state index is 3.54. The van der Waals surface area contributed by atoms with Crippen molar-refractivity contribution in [3.8, 4) is 0 Å². The first-order valence-corrected chi connectivity index (χ1v) is 8.64. The van der Waals surface area contributed by atoms with Crippen molar-refractivity contribution in [1.82, 2.24) is 5.32 Å². The first-order chi connectivity index (χ1) is 9.86. The average molecular weight is 271 g/mol. The molecule has 20 heavy (non-hydrogen) atoms. The zero-order valence-corrected chi connectivity index (χ0v) is 12.9. The van der Waals surface area contributed by atoms with E-state index < -0.39 is 0 Å². The van der Waals surface area contributed by atoms with E-state index in [1.807, 2.05) is 0 Å². The van der Waals surface area contributed by atoms with Crippen LogP contribution in [0.3, 0.4) is 0 Å². The van der Waals surface area contributed by atoms with Crippen LogP contribution in [0.15, 0.2) is 24.3 Å². The predicted octanol–water partition coefficient (Wildman–Crippen LogP) is 5.19. The van der Waals surface area contributed by atoms with E-state index in [0.29, 0.717) is 6.04 Å². The van der Waals surface area contributed by atoms with Crippen LogP contribution in [0.5, 0.6) is 0 Å². The Kier molecular flexibility index (Phi) is 4.77. The molecule has 2 aliphatic carbocycles. The van der Waals surface area contributed by atoms with E-state index in [2.05, 4.69) is 36.6 Å². The second-order valence-electron chi connectivity index (χ2n) is 6.87. The summed E-state index contributed by atoms with van der Waals surface area (Å²) in [4.78, 5) is 0. The predicted molar refractivity (Wildman–Crippen MR) is 86.0 cm³/mol. The quantitative estimate of drug-likeness (QED) is 0.751. The number of nitrogens with one attached hydrogen (secondary N) is 1. The highest BCUT2D eigenvalue weighted by Gasteiger charge is 2.21. The summed E-state index contributed by atoms with van der Waals surface area (Å²) in [6.45, 7) is 0. The van der Waals surface area contributed by atoms with Crippen molar-refractivity contribution in [2.24, 2.45) is 5.92 Å². The molecule has 1 heteroatoms. The summed E-state index contributed by atoms with van der Waals surface area (Å²) < 4.78 is 0. The fourth-order valence-corrected chi connectivity index (χ4v) is 3.95. The Bertz CT molecular complexity index is 416. The molecule has 0 aromatic heterocycles. The molecule has 2 fully saturated rings. The Morgan fingerprint density at radius 2 is 1.90 bits per heavy atom. The fraction of sp³-hybridized carbons (Fsp3) is 0.684. The maximum atomic E-state index is 3.54. The number of rotatable bonds is 6. The largest absolute Gasteiger partial charge is 0.313 e. The van der Waals surface area contributed by atoms with Gasteiger partial charge in [-0.25, -0.2) is 0 Å². The molecule has 2 aliphatic rings. The van der Waals surface area contributed by atoms with E-state index in [9.17, 15) is 0 Å². The van der Waals surface area contributed by atoms with E-state index in [0.717, 1.165) is 11.8 Å². The Hall–Kier alpha value is -0.820. The Labute approximate surface area is 124 Å². The average Bonchev–Trinajstić information content (AvgIpc) is 2.91. The summed E-state index contributed by atoms with van der Waals surface area (Å²) in [6, 6.07) is 9.94. The Morgan fingerprint density at radius 1 is 1.10 bits per heavy atom. The van der Waals surface area contributed by atoms with E-state index in [4.69, 9.17) is 0 Å². The molecule has 0 bridgehead atoms. The third-order valence-corrected chi connectivity index (χ3v) is 5.58. The monoisotopic (exact) mass is 271 g/mol. The Morgan fingerprint density at radius 3 is 2.55 bits per heavy atom. The van der Waals surface area contributed by atoms with E-state index in [1.54, 1.807) is 5.56 Å². The van der Waals surface area contributed by atoms with Gasteiger partial charge in [-0.15, -0.1) is 0 Å². The van der Waals surface area contributed by atoms with Crippen molar-refractivity contribution in [3.63, 3.8) is 0 Å². The van der Waals surface area contributed by atoms with Crippen molar-refractivity contribution in [1.29, 1.82) is 0 Å². The molecule has 0 radical (unpaired) electrons. The van der Waals surface area contributed by atoms with Crippen molar-refractivity contribution in [2.75, 3.05) is 7.05 Å².